The van der Waals surface area contributed by atoms with Crippen molar-refractivity contribution in [2.24, 2.45) is 11.8 Å². The van der Waals surface area contributed by atoms with E-state index in [0.29, 0.717) is 13.2 Å². The van der Waals surface area contributed by atoms with E-state index in [1.165, 1.54) is 0 Å². The molecule has 2 aliphatic heterocycles. The van der Waals surface area contributed by atoms with Crippen molar-refractivity contribution in [1.82, 2.24) is 9.97 Å². The molecule has 36 heavy (non-hydrogen) atoms. The Kier molecular flexibility index (Phi) is 9.94. The fraction of sp³-hybridized carbons (Fsp3) is 0.571. The van der Waals surface area contributed by atoms with E-state index in [4.69, 9.17) is 9.47 Å². The van der Waals surface area contributed by atoms with Crippen LogP contribution in [0.25, 0.3) is 0 Å². The maximum absolute atomic E-state index is 12.4. The normalized spacial score (nSPS) is 17.1. The summed E-state index contributed by atoms with van der Waals surface area (Å²) in [7, 11) is 0. The molecular formula is C28H38N4O4. The van der Waals surface area contributed by atoms with Gasteiger partial charge in [0.15, 0.2) is 0 Å². The molecule has 0 saturated carbocycles. The Morgan fingerprint density at radius 3 is 1.36 bits per heavy atom. The molecule has 0 N–H and O–H groups in total. The minimum absolute atomic E-state index is 0.000864. The first kappa shape index (κ1) is 25.9. The maximum Gasteiger partial charge on any atom is 0.309 e. The summed E-state index contributed by atoms with van der Waals surface area (Å²) in [5.74, 6) is -0.125. The van der Waals surface area contributed by atoms with Crippen LogP contribution in [0.3, 0.4) is 0 Å². The van der Waals surface area contributed by atoms with Crippen molar-refractivity contribution in [1.29, 1.82) is 0 Å². The van der Waals surface area contributed by atoms with E-state index < -0.39 is 0 Å². The summed E-state index contributed by atoms with van der Waals surface area (Å²) < 4.78 is 11.1. The standard InChI is InChI=1S/C28H38N4O4/c33-27(23-9-17-31(18-10-23)25-5-13-29-14-6-25)35-21-3-1-2-4-22-36-28(34)24-11-19-32(20-12-24)26-7-15-30-16-8-26/h5-8,13-16,23-24H,1-4,9-12,17-22H2. The number of aromatic nitrogens is 2. The summed E-state index contributed by atoms with van der Waals surface area (Å²) in [4.78, 5) is 37.5. The number of nitrogens with zero attached hydrogens (tertiary/aromatic N) is 4. The summed E-state index contributed by atoms with van der Waals surface area (Å²) in [5, 5.41) is 0. The van der Waals surface area contributed by atoms with Crippen molar-refractivity contribution >= 4 is 23.3 Å². The molecular weight excluding hydrogens is 456 g/mol. The van der Waals surface area contributed by atoms with Crippen LogP contribution in [0.5, 0.6) is 0 Å². The number of anilines is 2. The van der Waals surface area contributed by atoms with Crippen molar-refractivity contribution in [2.45, 2.75) is 51.4 Å². The second kappa shape index (κ2) is 13.8. The predicted octanol–water partition coefficient (Wildman–Crippen LogP) is 4.26. The molecule has 0 aromatic carbocycles. The second-order valence-corrected chi connectivity index (χ2v) is 9.68. The van der Waals surface area contributed by atoms with Crippen LogP contribution in [0.15, 0.2) is 49.1 Å². The summed E-state index contributed by atoms with van der Waals surface area (Å²) in [6, 6.07) is 8.03. The van der Waals surface area contributed by atoms with Crippen LogP contribution in [0.1, 0.15) is 51.4 Å². The first-order chi connectivity index (χ1) is 17.7. The van der Waals surface area contributed by atoms with Crippen molar-refractivity contribution in [3.8, 4) is 0 Å². The highest BCUT2D eigenvalue weighted by Gasteiger charge is 2.27. The number of ether oxygens (including phenoxy) is 2. The Labute approximate surface area is 214 Å². The lowest BCUT2D eigenvalue weighted by molar-refractivity contribution is -0.150. The van der Waals surface area contributed by atoms with Crippen molar-refractivity contribution in [3.63, 3.8) is 0 Å². The number of piperidine rings is 2. The number of unbranched alkanes of at least 4 members (excludes halogenated alkanes) is 3. The first-order valence-corrected chi connectivity index (χ1v) is 13.3. The minimum atomic E-state index is -0.0618. The maximum atomic E-state index is 12.4. The van der Waals surface area contributed by atoms with Gasteiger partial charge in [-0.25, -0.2) is 0 Å². The lowest BCUT2D eigenvalue weighted by Crippen LogP contribution is -2.37. The van der Waals surface area contributed by atoms with Gasteiger partial charge >= 0.3 is 11.9 Å². The molecule has 2 aliphatic rings. The zero-order valence-electron chi connectivity index (χ0n) is 21.1. The Hall–Kier alpha value is -3.16. The highest BCUT2D eigenvalue weighted by molar-refractivity contribution is 5.73. The molecule has 8 heteroatoms. The third-order valence-electron chi connectivity index (χ3n) is 7.24. The number of carbonyl (C=O) groups excluding carboxylic acids is 2. The lowest BCUT2D eigenvalue weighted by atomic mass is 9.96. The Balaban J connectivity index is 0.992. The molecule has 2 aromatic heterocycles. The van der Waals surface area contributed by atoms with Gasteiger partial charge in [0.25, 0.3) is 0 Å². The van der Waals surface area contributed by atoms with Crippen LogP contribution >= 0.6 is 0 Å². The van der Waals surface area contributed by atoms with Gasteiger partial charge in [0, 0.05) is 62.3 Å². The highest BCUT2D eigenvalue weighted by Crippen LogP contribution is 2.25. The molecule has 4 rings (SSSR count). The number of hydrogen-bond donors (Lipinski definition) is 0. The average Bonchev–Trinajstić information content (AvgIpc) is 2.95. The van der Waals surface area contributed by atoms with Gasteiger partial charge in [-0.15, -0.1) is 0 Å². The quantitative estimate of drug-likeness (QED) is 0.338. The van der Waals surface area contributed by atoms with E-state index in [0.717, 1.165) is 88.9 Å². The molecule has 0 unspecified atom stereocenters. The summed E-state index contributed by atoms with van der Waals surface area (Å²) in [6.07, 6.45) is 14.2. The molecule has 0 bridgehead atoms. The number of pyridine rings is 2. The molecule has 4 heterocycles. The van der Waals surface area contributed by atoms with Crippen LogP contribution < -0.4 is 9.80 Å². The van der Waals surface area contributed by atoms with Gasteiger partial charge in [-0.3, -0.25) is 19.6 Å². The number of carbonyl (C=O) groups is 2. The third kappa shape index (κ3) is 7.67. The van der Waals surface area contributed by atoms with Crippen molar-refractivity contribution in [3.05, 3.63) is 49.1 Å². The highest BCUT2D eigenvalue weighted by atomic mass is 16.5. The fourth-order valence-electron chi connectivity index (χ4n) is 5.00. The Bertz CT molecular complexity index is 850. The summed E-state index contributed by atoms with van der Waals surface area (Å²) in [5.41, 5.74) is 2.32. The van der Waals surface area contributed by atoms with Gasteiger partial charge in [0.05, 0.1) is 25.0 Å². The molecule has 2 fully saturated rings. The second-order valence-electron chi connectivity index (χ2n) is 9.68. The largest absolute Gasteiger partial charge is 0.465 e. The lowest BCUT2D eigenvalue weighted by Gasteiger charge is -2.32. The molecule has 0 radical (unpaired) electrons. The smallest absolute Gasteiger partial charge is 0.309 e. The predicted molar refractivity (Wildman–Crippen MR) is 139 cm³/mol. The van der Waals surface area contributed by atoms with Gasteiger partial charge < -0.3 is 19.3 Å². The summed E-state index contributed by atoms with van der Waals surface area (Å²) >= 11 is 0. The Morgan fingerprint density at radius 2 is 1.00 bits per heavy atom. The number of rotatable bonds is 11. The van der Waals surface area contributed by atoms with Gasteiger partial charge in [0.1, 0.15) is 0 Å². The van der Waals surface area contributed by atoms with Gasteiger partial charge in [-0.2, -0.15) is 0 Å². The van der Waals surface area contributed by atoms with E-state index in [1.807, 2.05) is 24.3 Å². The van der Waals surface area contributed by atoms with Crippen LogP contribution in [0.4, 0.5) is 11.4 Å². The summed E-state index contributed by atoms with van der Waals surface area (Å²) in [6.45, 7) is 4.41. The molecule has 0 spiro atoms. The topological polar surface area (TPSA) is 84.9 Å². The molecule has 2 aromatic rings. The van der Waals surface area contributed by atoms with E-state index in [9.17, 15) is 9.59 Å². The van der Waals surface area contributed by atoms with Crippen LogP contribution in [0.2, 0.25) is 0 Å². The van der Waals surface area contributed by atoms with E-state index >= 15 is 0 Å². The van der Waals surface area contributed by atoms with Gasteiger partial charge in [-0.1, -0.05) is 0 Å². The van der Waals surface area contributed by atoms with E-state index in [-0.39, 0.29) is 23.8 Å². The third-order valence-corrected chi connectivity index (χ3v) is 7.24. The van der Waals surface area contributed by atoms with E-state index in [1.54, 1.807) is 24.8 Å². The van der Waals surface area contributed by atoms with Crippen molar-refractivity contribution in [2.75, 3.05) is 49.2 Å². The van der Waals surface area contributed by atoms with Crippen LogP contribution in [-0.4, -0.2) is 61.3 Å². The zero-order chi connectivity index (χ0) is 25.0. The zero-order valence-corrected chi connectivity index (χ0v) is 21.1. The SMILES string of the molecule is O=C(OCCCCCCOC(=O)C1CCN(c2ccncc2)CC1)C1CCN(c2ccncc2)CC1. The van der Waals surface area contributed by atoms with Crippen LogP contribution in [0, 0.1) is 11.8 Å². The Morgan fingerprint density at radius 1 is 0.639 bits per heavy atom. The van der Waals surface area contributed by atoms with Gasteiger partial charge in [0.2, 0.25) is 0 Å². The minimum Gasteiger partial charge on any atom is -0.465 e. The monoisotopic (exact) mass is 494 g/mol. The molecule has 8 nitrogen and oxygen atoms in total. The average molecular weight is 495 g/mol. The molecule has 0 atom stereocenters. The molecule has 0 aliphatic carbocycles. The fourth-order valence-corrected chi connectivity index (χ4v) is 5.00. The van der Waals surface area contributed by atoms with Crippen LogP contribution in [-0.2, 0) is 19.1 Å². The molecule has 194 valence electrons. The van der Waals surface area contributed by atoms with E-state index in [2.05, 4.69) is 19.8 Å². The molecule has 2 saturated heterocycles. The first-order valence-electron chi connectivity index (χ1n) is 13.3. The van der Waals surface area contributed by atoms with Gasteiger partial charge in [-0.05, 0) is 75.6 Å². The number of hydrogen-bond acceptors (Lipinski definition) is 8. The number of esters is 2. The van der Waals surface area contributed by atoms with Crippen molar-refractivity contribution < 1.29 is 19.1 Å². The molecule has 0 amide bonds.